The molecule has 1 rings (SSSR count). The first kappa shape index (κ1) is 9.55. The highest BCUT2D eigenvalue weighted by atomic mass is 15.3. The molecule has 1 heterocycles. The molecule has 1 unspecified atom stereocenters. The number of nitrogen functional groups attached to an aromatic ring is 1. The number of hydrogen-bond acceptors (Lipinski definition) is 4. The van der Waals surface area contributed by atoms with Crippen molar-refractivity contribution < 1.29 is 0 Å². The zero-order valence-electron chi connectivity index (χ0n) is 7.78. The van der Waals surface area contributed by atoms with Gasteiger partial charge in [-0.1, -0.05) is 0 Å². The quantitative estimate of drug-likeness (QED) is 0.655. The Balaban J connectivity index is 3.08. The molecule has 1 aromatic rings. The van der Waals surface area contributed by atoms with Gasteiger partial charge in [0.2, 0.25) is 0 Å². The molecule has 0 spiro atoms. The van der Waals surface area contributed by atoms with Crippen molar-refractivity contribution in [3.8, 4) is 6.07 Å². The lowest BCUT2D eigenvalue weighted by Gasteiger charge is -2.00. The lowest BCUT2D eigenvalue weighted by molar-refractivity contribution is 0.687. The molecule has 0 fully saturated rings. The molecule has 0 bridgehead atoms. The van der Waals surface area contributed by atoms with Gasteiger partial charge >= 0.3 is 0 Å². The predicted octanol–water partition coefficient (Wildman–Crippen LogP) is -0.236. The second kappa shape index (κ2) is 3.46. The Labute approximate surface area is 76.9 Å². The summed E-state index contributed by atoms with van der Waals surface area (Å²) in [4.78, 5) is 0. The molecule has 5 heteroatoms. The van der Waals surface area contributed by atoms with Crippen LogP contribution in [-0.2, 0) is 13.5 Å². The van der Waals surface area contributed by atoms with Gasteiger partial charge in [-0.3, -0.25) is 4.68 Å². The van der Waals surface area contributed by atoms with Crippen molar-refractivity contribution >= 4 is 5.82 Å². The van der Waals surface area contributed by atoms with E-state index >= 15 is 0 Å². The molecule has 13 heavy (non-hydrogen) atoms. The highest BCUT2D eigenvalue weighted by Crippen LogP contribution is 2.15. The average Bonchev–Trinajstić information content (AvgIpc) is 2.27. The number of nitrogens with two attached hydrogens (primary N) is 2. The first-order valence-electron chi connectivity index (χ1n) is 4.03. The second-order valence-electron chi connectivity index (χ2n) is 3.12. The van der Waals surface area contributed by atoms with Crippen molar-refractivity contribution in [3.63, 3.8) is 0 Å². The van der Waals surface area contributed by atoms with E-state index in [-0.39, 0.29) is 6.04 Å². The maximum atomic E-state index is 8.80. The summed E-state index contributed by atoms with van der Waals surface area (Å²) in [5, 5.41) is 12.9. The molecule has 70 valence electrons. The van der Waals surface area contributed by atoms with Gasteiger partial charge in [0.1, 0.15) is 17.5 Å². The molecule has 0 radical (unpaired) electrons. The van der Waals surface area contributed by atoms with Gasteiger partial charge in [0.25, 0.3) is 0 Å². The lowest BCUT2D eigenvalue weighted by Crippen LogP contribution is -2.18. The summed E-state index contributed by atoms with van der Waals surface area (Å²) in [6, 6.07) is 2.01. The third-order valence-electron chi connectivity index (χ3n) is 1.79. The predicted molar refractivity (Wildman–Crippen MR) is 49.7 cm³/mol. The fraction of sp³-hybridized carbons (Fsp3) is 0.500. The van der Waals surface area contributed by atoms with E-state index in [0.717, 1.165) is 0 Å². The van der Waals surface area contributed by atoms with Crippen LogP contribution in [-0.4, -0.2) is 15.8 Å². The summed E-state index contributed by atoms with van der Waals surface area (Å²) in [5.41, 5.74) is 12.4. The van der Waals surface area contributed by atoms with Gasteiger partial charge < -0.3 is 11.5 Å². The minimum absolute atomic E-state index is 0.0126. The number of nitriles is 1. The highest BCUT2D eigenvalue weighted by Gasteiger charge is 2.13. The van der Waals surface area contributed by atoms with Crippen molar-refractivity contribution in [2.24, 2.45) is 12.8 Å². The van der Waals surface area contributed by atoms with Crippen molar-refractivity contribution in [2.75, 3.05) is 5.73 Å². The van der Waals surface area contributed by atoms with Crippen LogP contribution >= 0.6 is 0 Å². The minimum Gasteiger partial charge on any atom is -0.383 e. The number of nitrogens with zero attached hydrogens (tertiary/aromatic N) is 3. The summed E-state index contributed by atoms with van der Waals surface area (Å²) in [5.74, 6) is 0.401. The third-order valence-corrected chi connectivity index (χ3v) is 1.79. The molecule has 0 saturated heterocycles. The van der Waals surface area contributed by atoms with Crippen LogP contribution in [0.25, 0.3) is 0 Å². The number of anilines is 1. The molecular formula is C8H13N5. The van der Waals surface area contributed by atoms with Gasteiger partial charge in [0, 0.05) is 19.5 Å². The Morgan fingerprint density at radius 1 is 1.69 bits per heavy atom. The monoisotopic (exact) mass is 179 g/mol. The highest BCUT2D eigenvalue weighted by molar-refractivity contribution is 5.52. The van der Waals surface area contributed by atoms with Crippen molar-refractivity contribution in [3.05, 3.63) is 11.3 Å². The molecule has 0 aromatic carbocycles. The Hall–Kier alpha value is -1.54. The van der Waals surface area contributed by atoms with Crippen LogP contribution < -0.4 is 11.5 Å². The van der Waals surface area contributed by atoms with Crippen LogP contribution in [0.2, 0.25) is 0 Å². The maximum absolute atomic E-state index is 8.80. The normalized spacial score (nSPS) is 12.5. The van der Waals surface area contributed by atoms with E-state index in [1.807, 2.05) is 13.0 Å². The van der Waals surface area contributed by atoms with Gasteiger partial charge in [-0.2, -0.15) is 10.4 Å². The van der Waals surface area contributed by atoms with E-state index in [9.17, 15) is 0 Å². The molecule has 4 N–H and O–H groups in total. The largest absolute Gasteiger partial charge is 0.383 e. The second-order valence-corrected chi connectivity index (χ2v) is 3.12. The zero-order valence-corrected chi connectivity index (χ0v) is 7.78. The van der Waals surface area contributed by atoms with Gasteiger partial charge in [-0.25, -0.2) is 0 Å². The van der Waals surface area contributed by atoms with E-state index in [0.29, 0.717) is 23.5 Å². The van der Waals surface area contributed by atoms with E-state index in [1.54, 1.807) is 7.05 Å². The van der Waals surface area contributed by atoms with E-state index in [4.69, 9.17) is 16.7 Å². The standard InChI is InChI=1S/C8H13N5/c1-5(10)3-7-6(4-9)8(11)13(2)12-7/h5H,3,10-11H2,1-2H3. The third kappa shape index (κ3) is 1.79. The maximum Gasteiger partial charge on any atom is 0.139 e. The molecule has 5 nitrogen and oxygen atoms in total. The van der Waals surface area contributed by atoms with E-state index < -0.39 is 0 Å². The van der Waals surface area contributed by atoms with Crippen LogP contribution in [0.3, 0.4) is 0 Å². The van der Waals surface area contributed by atoms with Gasteiger partial charge in [0.05, 0.1) is 5.69 Å². The van der Waals surface area contributed by atoms with Crippen molar-refractivity contribution in [2.45, 2.75) is 19.4 Å². The molecule has 0 saturated carbocycles. The van der Waals surface area contributed by atoms with Gasteiger partial charge in [-0.15, -0.1) is 0 Å². The zero-order chi connectivity index (χ0) is 10.0. The first-order chi connectivity index (χ1) is 6.06. The first-order valence-corrected chi connectivity index (χ1v) is 4.03. The SMILES string of the molecule is CC(N)Cc1nn(C)c(N)c1C#N. The summed E-state index contributed by atoms with van der Waals surface area (Å²) < 4.78 is 1.50. The minimum atomic E-state index is -0.0126. The van der Waals surface area contributed by atoms with E-state index in [2.05, 4.69) is 5.10 Å². The fourth-order valence-electron chi connectivity index (χ4n) is 1.16. The van der Waals surface area contributed by atoms with E-state index in [1.165, 1.54) is 4.68 Å². The van der Waals surface area contributed by atoms with Crippen LogP contribution in [0.15, 0.2) is 0 Å². The van der Waals surface area contributed by atoms with Gasteiger partial charge in [0.15, 0.2) is 0 Å². The molecule has 1 atom stereocenters. The number of rotatable bonds is 2. The van der Waals surface area contributed by atoms with Crippen molar-refractivity contribution in [1.82, 2.24) is 9.78 Å². The molecule has 0 amide bonds. The number of hydrogen-bond donors (Lipinski definition) is 2. The number of aromatic nitrogens is 2. The molecule has 0 aliphatic carbocycles. The van der Waals surface area contributed by atoms with Crippen LogP contribution in [0.4, 0.5) is 5.82 Å². The lowest BCUT2D eigenvalue weighted by atomic mass is 10.1. The Morgan fingerprint density at radius 2 is 2.31 bits per heavy atom. The van der Waals surface area contributed by atoms with Crippen LogP contribution in [0, 0.1) is 11.3 Å². The smallest absolute Gasteiger partial charge is 0.139 e. The molecule has 1 aromatic heterocycles. The molecule has 0 aliphatic heterocycles. The molecule has 0 aliphatic rings. The van der Waals surface area contributed by atoms with Crippen LogP contribution in [0.5, 0.6) is 0 Å². The number of aryl methyl sites for hydroxylation is 1. The van der Waals surface area contributed by atoms with Crippen molar-refractivity contribution in [1.29, 1.82) is 5.26 Å². The Kier molecular flexibility index (Phi) is 2.54. The average molecular weight is 179 g/mol. The summed E-state index contributed by atoms with van der Waals surface area (Å²) in [6.07, 6.45) is 0.577. The summed E-state index contributed by atoms with van der Waals surface area (Å²) in [6.45, 7) is 1.87. The topological polar surface area (TPSA) is 93.7 Å². The Morgan fingerprint density at radius 3 is 2.77 bits per heavy atom. The van der Waals surface area contributed by atoms with Crippen LogP contribution in [0.1, 0.15) is 18.2 Å². The van der Waals surface area contributed by atoms with Gasteiger partial charge in [-0.05, 0) is 6.92 Å². The fourth-order valence-corrected chi connectivity index (χ4v) is 1.16. The molecular weight excluding hydrogens is 166 g/mol. The Bertz CT molecular complexity index is 344. The summed E-state index contributed by atoms with van der Waals surface area (Å²) in [7, 11) is 1.71. The summed E-state index contributed by atoms with van der Waals surface area (Å²) >= 11 is 0.